The first-order valence-corrected chi connectivity index (χ1v) is 8.44. The lowest BCUT2D eigenvalue weighted by molar-refractivity contribution is 0.0573. The van der Waals surface area contributed by atoms with E-state index < -0.39 is 0 Å². The Morgan fingerprint density at radius 3 is 2.40 bits per heavy atom. The van der Waals surface area contributed by atoms with Crippen molar-refractivity contribution < 1.29 is 4.74 Å². The fourth-order valence-corrected chi connectivity index (χ4v) is 4.18. The zero-order chi connectivity index (χ0) is 14.4. The lowest BCUT2D eigenvalue weighted by Gasteiger charge is -2.46. The fraction of sp³-hybridized carbons (Fsp3) is 1.00. The zero-order valence-electron chi connectivity index (χ0n) is 13.4. The molecule has 2 fully saturated rings. The average molecular weight is 283 g/mol. The number of rotatable bonds is 6. The van der Waals surface area contributed by atoms with Crippen LogP contribution in [0.5, 0.6) is 0 Å². The molecule has 1 aliphatic heterocycles. The van der Waals surface area contributed by atoms with Gasteiger partial charge < -0.3 is 9.64 Å². The van der Waals surface area contributed by atoms with Gasteiger partial charge in [-0.25, -0.2) is 0 Å². The molecule has 118 valence electrons. The van der Waals surface area contributed by atoms with Crippen LogP contribution in [0, 0.1) is 0 Å². The lowest BCUT2D eigenvalue weighted by atomic mass is 9.79. The van der Waals surface area contributed by atoms with Crippen LogP contribution in [-0.2, 0) is 4.74 Å². The summed E-state index contributed by atoms with van der Waals surface area (Å²) in [5.41, 5.74) is 3.37. The maximum absolute atomic E-state index is 5.94. The molecule has 0 aromatic rings. The summed E-state index contributed by atoms with van der Waals surface area (Å²) in [6, 6.07) is 0.375. The van der Waals surface area contributed by atoms with Crippen molar-refractivity contribution in [3.8, 4) is 0 Å². The van der Waals surface area contributed by atoms with Gasteiger partial charge in [0.15, 0.2) is 0 Å². The number of likely N-dealkylation sites (N-methyl/N-ethyl adjacent to an activating group) is 1. The van der Waals surface area contributed by atoms with Crippen LogP contribution in [0.15, 0.2) is 0 Å². The normalized spacial score (nSPS) is 28.5. The summed E-state index contributed by atoms with van der Waals surface area (Å²) in [5.74, 6) is 5.94. The van der Waals surface area contributed by atoms with Crippen LogP contribution in [0.2, 0.25) is 0 Å². The third-order valence-corrected chi connectivity index (χ3v) is 5.51. The van der Waals surface area contributed by atoms with Crippen LogP contribution in [0.3, 0.4) is 0 Å². The molecule has 2 atom stereocenters. The van der Waals surface area contributed by atoms with Crippen molar-refractivity contribution in [3.63, 3.8) is 0 Å². The smallest absolute Gasteiger partial charge is 0.0576 e. The second-order valence-electron chi connectivity index (χ2n) is 6.84. The van der Waals surface area contributed by atoms with Crippen molar-refractivity contribution in [2.45, 2.75) is 81.9 Å². The van der Waals surface area contributed by atoms with Crippen molar-refractivity contribution in [1.29, 1.82) is 0 Å². The molecular weight excluding hydrogens is 250 g/mol. The monoisotopic (exact) mass is 283 g/mol. The molecule has 2 aliphatic rings. The Morgan fingerprint density at radius 2 is 1.90 bits per heavy atom. The molecule has 0 radical (unpaired) electrons. The highest BCUT2D eigenvalue weighted by molar-refractivity contribution is 4.99. The number of hydrogen-bond acceptors (Lipinski definition) is 4. The van der Waals surface area contributed by atoms with Gasteiger partial charge in [0.1, 0.15) is 0 Å². The molecule has 3 N–H and O–H groups in total. The lowest BCUT2D eigenvalue weighted by Crippen LogP contribution is -2.60. The molecule has 20 heavy (non-hydrogen) atoms. The van der Waals surface area contributed by atoms with Crippen LogP contribution < -0.4 is 11.3 Å². The quantitative estimate of drug-likeness (QED) is 0.446. The van der Waals surface area contributed by atoms with Gasteiger partial charge in [-0.1, -0.05) is 25.7 Å². The molecule has 0 bridgehead atoms. The van der Waals surface area contributed by atoms with Crippen molar-refractivity contribution in [2.24, 2.45) is 5.84 Å². The first-order valence-electron chi connectivity index (χ1n) is 8.44. The third kappa shape index (κ3) is 3.73. The number of ether oxygens (including phenoxy) is 1. The molecule has 2 unspecified atom stereocenters. The van der Waals surface area contributed by atoms with Crippen molar-refractivity contribution >= 4 is 0 Å². The predicted octanol–water partition coefficient (Wildman–Crippen LogP) is 2.43. The van der Waals surface area contributed by atoms with Gasteiger partial charge in [0.05, 0.1) is 6.10 Å². The van der Waals surface area contributed by atoms with Crippen LogP contribution in [0.25, 0.3) is 0 Å². The molecule has 4 heteroatoms. The Kier molecular flexibility index (Phi) is 6.27. The molecule has 1 heterocycles. The average Bonchev–Trinajstić information content (AvgIpc) is 2.83. The summed E-state index contributed by atoms with van der Waals surface area (Å²) in [6.45, 7) is 0.949. The highest BCUT2D eigenvalue weighted by atomic mass is 16.5. The van der Waals surface area contributed by atoms with Crippen molar-refractivity contribution in [3.05, 3.63) is 0 Å². The standard InChI is InChI=1S/C16H33N3O/c1-19(2)16(11-5-3-4-6-12-16)15(18-17)10-9-14-8-7-13-20-14/h14-15,18H,3-13,17H2,1-2H3. The minimum atomic E-state index is 0.226. The Bertz CT molecular complexity index is 269. The van der Waals surface area contributed by atoms with Gasteiger partial charge in [-0.2, -0.15) is 0 Å². The summed E-state index contributed by atoms with van der Waals surface area (Å²) in [5, 5.41) is 0. The van der Waals surface area contributed by atoms with Gasteiger partial charge in [0.25, 0.3) is 0 Å². The highest BCUT2D eigenvalue weighted by Crippen LogP contribution is 2.36. The number of hydrazine groups is 1. The van der Waals surface area contributed by atoms with E-state index in [-0.39, 0.29) is 5.54 Å². The van der Waals surface area contributed by atoms with Crippen molar-refractivity contribution in [2.75, 3.05) is 20.7 Å². The van der Waals surface area contributed by atoms with E-state index in [1.54, 1.807) is 0 Å². The maximum atomic E-state index is 5.94. The summed E-state index contributed by atoms with van der Waals surface area (Å²) in [6.07, 6.45) is 13.1. The first-order chi connectivity index (χ1) is 9.69. The van der Waals surface area contributed by atoms with Crippen molar-refractivity contribution in [1.82, 2.24) is 10.3 Å². The predicted molar refractivity (Wildman–Crippen MR) is 83.4 cm³/mol. The van der Waals surface area contributed by atoms with E-state index in [1.165, 1.54) is 51.4 Å². The van der Waals surface area contributed by atoms with Crippen LogP contribution in [-0.4, -0.2) is 43.3 Å². The molecule has 4 nitrogen and oxygen atoms in total. The molecule has 1 aliphatic carbocycles. The zero-order valence-corrected chi connectivity index (χ0v) is 13.4. The molecule has 2 rings (SSSR count). The fourth-order valence-electron chi connectivity index (χ4n) is 4.18. The largest absolute Gasteiger partial charge is 0.378 e. The minimum absolute atomic E-state index is 0.226. The second kappa shape index (κ2) is 7.74. The van der Waals surface area contributed by atoms with Gasteiger partial charge in [-0.15, -0.1) is 0 Å². The van der Waals surface area contributed by atoms with E-state index in [9.17, 15) is 0 Å². The summed E-state index contributed by atoms with van der Waals surface area (Å²) < 4.78 is 5.77. The molecule has 0 amide bonds. The van der Waals surface area contributed by atoms with Gasteiger partial charge in [-0.05, 0) is 52.6 Å². The van der Waals surface area contributed by atoms with Crippen LogP contribution in [0.4, 0.5) is 0 Å². The van der Waals surface area contributed by atoms with Gasteiger partial charge in [0.2, 0.25) is 0 Å². The van der Waals surface area contributed by atoms with Gasteiger partial charge in [-0.3, -0.25) is 11.3 Å². The van der Waals surface area contributed by atoms with Crippen LogP contribution in [0.1, 0.15) is 64.2 Å². The van der Waals surface area contributed by atoms with E-state index in [2.05, 4.69) is 24.4 Å². The van der Waals surface area contributed by atoms with Gasteiger partial charge in [0, 0.05) is 18.2 Å². The molecule has 0 aromatic carbocycles. The maximum Gasteiger partial charge on any atom is 0.0576 e. The summed E-state index contributed by atoms with van der Waals surface area (Å²) in [7, 11) is 4.45. The Hall–Kier alpha value is -0.160. The highest BCUT2D eigenvalue weighted by Gasteiger charge is 2.40. The Labute approximate surface area is 124 Å². The number of hydrogen-bond donors (Lipinski definition) is 2. The van der Waals surface area contributed by atoms with E-state index in [1.807, 2.05) is 0 Å². The summed E-state index contributed by atoms with van der Waals surface area (Å²) >= 11 is 0. The van der Waals surface area contributed by atoms with Gasteiger partial charge >= 0.3 is 0 Å². The minimum Gasteiger partial charge on any atom is -0.378 e. The molecular formula is C16H33N3O. The molecule has 1 saturated heterocycles. The first kappa shape index (κ1) is 16.2. The number of nitrogens with two attached hydrogens (primary N) is 1. The molecule has 0 aromatic heterocycles. The topological polar surface area (TPSA) is 50.5 Å². The van der Waals surface area contributed by atoms with E-state index in [4.69, 9.17) is 10.6 Å². The second-order valence-corrected chi connectivity index (χ2v) is 6.84. The SMILES string of the molecule is CN(C)C1(C(CCC2CCCO2)NN)CCCCCC1. The Balaban J connectivity index is 1.99. The molecule has 0 spiro atoms. The van der Waals surface area contributed by atoms with E-state index in [0.29, 0.717) is 12.1 Å². The molecule has 1 saturated carbocycles. The van der Waals surface area contributed by atoms with Crippen LogP contribution >= 0.6 is 0 Å². The number of nitrogens with zero attached hydrogens (tertiary/aromatic N) is 1. The summed E-state index contributed by atoms with van der Waals surface area (Å²) in [4.78, 5) is 2.43. The van der Waals surface area contributed by atoms with E-state index >= 15 is 0 Å². The third-order valence-electron chi connectivity index (χ3n) is 5.51. The Morgan fingerprint density at radius 1 is 1.20 bits per heavy atom. The van der Waals surface area contributed by atoms with E-state index in [0.717, 1.165) is 19.4 Å². The number of nitrogens with one attached hydrogen (secondary N) is 1.